The molecule has 0 fully saturated rings. The summed E-state index contributed by atoms with van der Waals surface area (Å²) in [5.41, 5.74) is 3.38. The molecule has 1 aromatic rings. The number of carbonyl (C=O) groups is 1. The Morgan fingerprint density at radius 2 is 2.00 bits per heavy atom. The molecule has 1 aromatic carbocycles. The highest BCUT2D eigenvalue weighted by Gasteiger charge is 2.27. The van der Waals surface area contributed by atoms with Crippen molar-refractivity contribution in [3.63, 3.8) is 0 Å². The van der Waals surface area contributed by atoms with Gasteiger partial charge in [0.05, 0.1) is 13.0 Å². The third kappa shape index (κ3) is 6.63. The van der Waals surface area contributed by atoms with Crippen LogP contribution in [0.5, 0.6) is 0 Å². The smallest absolute Gasteiger partial charge is 0.309 e. The monoisotopic (exact) mass is 353 g/mol. The molecule has 2 unspecified atom stereocenters. The molecule has 5 heteroatoms. The van der Waals surface area contributed by atoms with Gasteiger partial charge in [-0.15, -0.1) is 0 Å². The van der Waals surface area contributed by atoms with Crippen molar-refractivity contribution in [2.24, 2.45) is 10.9 Å². The van der Waals surface area contributed by atoms with Crippen LogP contribution in [0.1, 0.15) is 50.2 Å². The number of aryl methyl sites for hydroxylation is 1. The van der Waals surface area contributed by atoms with Gasteiger partial charge in [-0.2, -0.15) is 3.89 Å². The van der Waals surface area contributed by atoms with Crippen LogP contribution < -0.4 is 0 Å². The summed E-state index contributed by atoms with van der Waals surface area (Å²) in [4.78, 5) is 16.7. The molecule has 0 radical (unpaired) electrons. The average molecular weight is 354 g/mol. The fourth-order valence-corrected chi connectivity index (χ4v) is 2.92. The lowest BCUT2D eigenvalue weighted by Gasteiger charge is -2.23. The Bertz CT molecular complexity index is 531. The van der Waals surface area contributed by atoms with Gasteiger partial charge in [-0.25, -0.2) is 0 Å². The number of ether oxygens (including phenoxy) is 1. The molecule has 0 heterocycles. The maximum absolute atomic E-state index is 12.1. The molecule has 3 nitrogen and oxygen atoms in total. The number of esters is 1. The Balaban J connectivity index is 2.95. The quantitative estimate of drug-likeness (QED) is 0.332. The molecule has 0 saturated heterocycles. The molecule has 0 N–H and O–H groups in total. The van der Waals surface area contributed by atoms with Crippen LogP contribution in [0.2, 0.25) is 0 Å². The van der Waals surface area contributed by atoms with Crippen molar-refractivity contribution in [1.82, 2.24) is 0 Å². The number of aliphatic imine (C=N–C) groups is 1. The molecular weight excluding hydrogens is 325 g/mol. The molecule has 2 atom stereocenters. The van der Waals surface area contributed by atoms with Gasteiger partial charge in [0.15, 0.2) is 0 Å². The topological polar surface area (TPSA) is 38.7 Å². The molecule has 0 amide bonds. The predicted molar refractivity (Wildman–Crippen MR) is 100 cm³/mol. The number of rotatable bonds is 10. The van der Waals surface area contributed by atoms with E-state index in [1.807, 2.05) is 13.8 Å². The van der Waals surface area contributed by atoms with Crippen LogP contribution >= 0.6 is 12.1 Å². The lowest BCUT2D eigenvalue weighted by atomic mass is 9.82. The van der Waals surface area contributed by atoms with Crippen LogP contribution in [-0.4, -0.2) is 31.1 Å². The number of methoxy groups -OCH3 is 1. The van der Waals surface area contributed by atoms with Crippen LogP contribution in [0.4, 0.5) is 3.89 Å². The number of nitrogens with zero attached hydrogens (tertiary/aromatic N) is 1. The second-order valence-corrected chi connectivity index (χ2v) is 6.63. The zero-order chi connectivity index (χ0) is 17.9. The fraction of sp³-hybridized carbons (Fsp3) is 0.579. The van der Waals surface area contributed by atoms with E-state index in [0.29, 0.717) is 24.4 Å². The van der Waals surface area contributed by atoms with E-state index in [2.05, 4.69) is 36.2 Å². The third-order valence-corrected chi connectivity index (χ3v) is 4.70. The molecule has 134 valence electrons. The molecular formula is C19H28FNO2S. The number of carbonyl (C=O) groups excluding carboxylic acids is 1. The van der Waals surface area contributed by atoms with E-state index in [4.69, 9.17) is 4.74 Å². The number of halogens is 1. The van der Waals surface area contributed by atoms with Crippen LogP contribution in [0.3, 0.4) is 0 Å². The van der Waals surface area contributed by atoms with Crippen LogP contribution in [0.15, 0.2) is 29.3 Å². The Kier molecular flexibility index (Phi) is 9.69. The molecule has 0 spiro atoms. The third-order valence-electron chi connectivity index (χ3n) is 4.26. The van der Waals surface area contributed by atoms with Crippen LogP contribution in [0.25, 0.3) is 0 Å². The SMILES string of the molecule is CCC(CC(c1ccc(C)cc1)C(C)C(=O)OC)=NCCCSF. The van der Waals surface area contributed by atoms with E-state index in [0.717, 1.165) is 30.5 Å². The largest absolute Gasteiger partial charge is 0.469 e. The highest BCUT2D eigenvalue weighted by molar-refractivity contribution is 7.94. The Morgan fingerprint density at radius 3 is 2.54 bits per heavy atom. The standard InChI is InChI=1S/C19H28FNO2S/c1-5-17(21-11-6-12-24-20)13-18(15(3)19(22)23-4)16-9-7-14(2)8-10-16/h7-10,15,18H,5-6,11-13H2,1-4H3. The van der Waals surface area contributed by atoms with E-state index < -0.39 is 0 Å². The summed E-state index contributed by atoms with van der Waals surface area (Å²) in [7, 11) is 1.43. The molecule has 0 aliphatic heterocycles. The highest BCUT2D eigenvalue weighted by Crippen LogP contribution is 2.30. The Morgan fingerprint density at radius 1 is 1.33 bits per heavy atom. The van der Waals surface area contributed by atoms with Crippen molar-refractivity contribution < 1.29 is 13.4 Å². The van der Waals surface area contributed by atoms with Gasteiger partial charge in [-0.1, -0.05) is 43.7 Å². The molecule has 0 aromatic heterocycles. The van der Waals surface area contributed by atoms with E-state index >= 15 is 0 Å². The van der Waals surface area contributed by atoms with Gasteiger partial charge >= 0.3 is 5.97 Å². The van der Waals surface area contributed by atoms with Crippen molar-refractivity contribution in [3.05, 3.63) is 35.4 Å². The van der Waals surface area contributed by atoms with E-state index in [9.17, 15) is 8.68 Å². The first-order chi connectivity index (χ1) is 11.5. The minimum atomic E-state index is -0.240. The first kappa shape index (κ1) is 20.7. The molecule has 0 aliphatic carbocycles. The predicted octanol–water partition coefficient (Wildman–Crippen LogP) is 5.14. The normalized spacial score (nSPS) is 14.3. The molecule has 0 saturated carbocycles. The van der Waals surface area contributed by atoms with Crippen molar-refractivity contribution >= 4 is 23.8 Å². The second-order valence-electron chi connectivity index (χ2n) is 6.00. The van der Waals surface area contributed by atoms with Crippen LogP contribution in [0, 0.1) is 12.8 Å². The Labute approximate surface area is 149 Å². The van der Waals surface area contributed by atoms with E-state index in [-0.39, 0.29) is 17.8 Å². The molecule has 0 bridgehead atoms. The molecule has 24 heavy (non-hydrogen) atoms. The first-order valence-electron chi connectivity index (χ1n) is 8.43. The summed E-state index contributed by atoms with van der Waals surface area (Å²) in [5, 5.41) is 0. The first-order valence-corrected chi connectivity index (χ1v) is 9.32. The average Bonchev–Trinajstić information content (AvgIpc) is 2.61. The number of hydrogen-bond donors (Lipinski definition) is 0. The van der Waals surface area contributed by atoms with Gasteiger partial charge < -0.3 is 4.74 Å². The van der Waals surface area contributed by atoms with Crippen molar-refractivity contribution in [3.8, 4) is 0 Å². The van der Waals surface area contributed by atoms with E-state index in [1.165, 1.54) is 12.7 Å². The second kappa shape index (κ2) is 11.2. The maximum Gasteiger partial charge on any atom is 0.309 e. The minimum Gasteiger partial charge on any atom is -0.469 e. The van der Waals surface area contributed by atoms with Gasteiger partial charge in [0.2, 0.25) is 0 Å². The summed E-state index contributed by atoms with van der Waals surface area (Å²) >= 11 is 0.354. The van der Waals surface area contributed by atoms with Gasteiger partial charge in [-0.05, 0) is 31.7 Å². The van der Waals surface area contributed by atoms with Crippen molar-refractivity contribution in [1.29, 1.82) is 0 Å². The summed E-state index contributed by atoms with van der Waals surface area (Å²) in [6.45, 7) is 6.65. The van der Waals surface area contributed by atoms with Gasteiger partial charge in [0.1, 0.15) is 0 Å². The maximum atomic E-state index is 12.1. The fourth-order valence-electron chi connectivity index (χ4n) is 2.68. The number of hydrogen-bond acceptors (Lipinski definition) is 4. The minimum absolute atomic E-state index is 0.0345. The Hall–Kier alpha value is -1.36. The zero-order valence-corrected chi connectivity index (χ0v) is 15.9. The lowest BCUT2D eigenvalue weighted by Crippen LogP contribution is -2.23. The van der Waals surface area contributed by atoms with Gasteiger partial charge in [0, 0.05) is 36.1 Å². The van der Waals surface area contributed by atoms with Crippen molar-refractivity contribution in [2.45, 2.75) is 46.0 Å². The summed E-state index contributed by atoms with van der Waals surface area (Å²) in [6, 6.07) is 8.28. The summed E-state index contributed by atoms with van der Waals surface area (Å²) < 4.78 is 17.1. The highest BCUT2D eigenvalue weighted by atomic mass is 32.2. The van der Waals surface area contributed by atoms with Gasteiger partial charge in [0.25, 0.3) is 0 Å². The number of benzene rings is 1. The zero-order valence-electron chi connectivity index (χ0n) is 15.0. The lowest BCUT2D eigenvalue weighted by molar-refractivity contribution is -0.145. The van der Waals surface area contributed by atoms with Crippen LogP contribution in [-0.2, 0) is 9.53 Å². The van der Waals surface area contributed by atoms with E-state index in [1.54, 1.807) is 0 Å². The summed E-state index contributed by atoms with van der Waals surface area (Å²) in [6.07, 6.45) is 2.28. The summed E-state index contributed by atoms with van der Waals surface area (Å²) in [5.74, 6) is 0.0634. The molecule has 0 aliphatic rings. The van der Waals surface area contributed by atoms with Gasteiger partial charge in [-0.3, -0.25) is 9.79 Å². The molecule has 1 rings (SSSR count). The van der Waals surface area contributed by atoms with Crippen molar-refractivity contribution in [2.75, 3.05) is 19.4 Å².